The SMILES string of the molecule is Cn1cc(CSc2ccccc2)cc1CN. The maximum absolute atomic E-state index is 5.64. The molecule has 0 radical (unpaired) electrons. The summed E-state index contributed by atoms with van der Waals surface area (Å²) in [4.78, 5) is 1.31. The molecule has 0 saturated heterocycles. The number of hydrogen-bond acceptors (Lipinski definition) is 2. The van der Waals surface area contributed by atoms with E-state index in [1.807, 2.05) is 24.9 Å². The molecule has 0 atom stereocenters. The van der Waals surface area contributed by atoms with Crippen LogP contribution in [0.3, 0.4) is 0 Å². The third kappa shape index (κ3) is 2.68. The molecule has 1 aromatic carbocycles. The third-order valence-electron chi connectivity index (χ3n) is 2.52. The van der Waals surface area contributed by atoms with Crippen molar-refractivity contribution in [3.63, 3.8) is 0 Å². The van der Waals surface area contributed by atoms with Crippen LogP contribution in [0.15, 0.2) is 47.5 Å². The van der Waals surface area contributed by atoms with Gasteiger partial charge in [-0.1, -0.05) is 18.2 Å². The highest BCUT2D eigenvalue weighted by Gasteiger charge is 2.02. The van der Waals surface area contributed by atoms with Gasteiger partial charge in [0.15, 0.2) is 0 Å². The second-order valence-corrected chi connectivity index (χ2v) is 4.81. The molecule has 0 fully saturated rings. The standard InChI is InChI=1S/C13H16N2S/c1-15-9-11(7-12(15)8-14)10-16-13-5-3-2-4-6-13/h2-7,9H,8,10,14H2,1H3. The molecule has 1 heterocycles. The average Bonchev–Trinajstić information content (AvgIpc) is 2.69. The summed E-state index contributed by atoms with van der Waals surface area (Å²) in [5.41, 5.74) is 8.16. The minimum absolute atomic E-state index is 0.604. The topological polar surface area (TPSA) is 30.9 Å². The minimum Gasteiger partial charge on any atom is -0.353 e. The quantitative estimate of drug-likeness (QED) is 0.822. The summed E-state index contributed by atoms with van der Waals surface area (Å²) in [7, 11) is 2.04. The van der Waals surface area contributed by atoms with Gasteiger partial charge < -0.3 is 10.3 Å². The van der Waals surface area contributed by atoms with Crippen LogP contribution in [0, 0.1) is 0 Å². The lowest BCUT2D eigenvalue weighted by molar-refractivity contribution is 0.823. The van der Waals surface area contributed by atoms with E-state index in [0.717, 1.165) is 5.75 Å². The Morgan fingerprint density at radius 1 is 1.25 bits per heavy atom. The Hall–Kier alpha value is -1.19. The Morgan fingerprint density at radius 3 is 2.62 bits per heavy atom. The monoisotopic (exact) mass is 232 g/mol. The van der Waals surface area contributed by atoms with Gasteiger partial charge in [0.1, 0.15) is 0 Å². The lowest BCUT2D eigenvalue weighted by Crippen LogP contribution is -2.01. The molecule has 1 aromatic heterocycles. The highest BCUT2D eigenvalue weighted by molar-refractivity contribution is 7.98. The predicted molar refractivity (Wildman–Crippen MR) is 69.3 cm³/mol. The van der Waals surface area contributed by atoms with E-state index in [0.29, 0.717) is 6.54 Å². The van der Waals surface area contributed by atoms with E-state index in [-0.39, 0.29) is 0 Å². The highest BCUT2D eigenvalue weighted by Crippen LogP contribution is 2.23. The first-order valence-corrected chi connectivity index (χ1v) is 6.30. The van der Waals surface area contributed by atoms with E-state index < -0.39 is 0 Å². The van der Waals surface area contributed by atoms with Crippen LogP contribution in [0.2, 0.25) is 0 Å². The first kappa shape index (κ1) is 11.3. The van der Waals surface area contributed by atoms with Crippen molar-refractivity contribution in [1.82, 2.24) is 4.57 Å². The van der Waals surface area contributed by atoms with Crippen molar-refractivity contribution < 1.29 is 0 Å². The smallest absolute Gasteiger partial charge is 0.0334 e. The summed E-state index contributed by atoms with van der Waals surface area (Å²) in [5, 5.41) is 0. The summed E-state index contributed by atoms with van der Waals surface area (Å²) in [6, 6.07) is 12.6. The number of aromatic nitrogens is 1. The van der Waals surface area contributed by atoms with Gasteiger partial charge in [0, 0.05) is 36.1 Å². The zero-order valence-corrected chi connectivity index (χ0v) is 10.2. The first-order valence-electron chi connectivity index (χ1n) is 5.31. The highest BCUT2D eigenvalue weighted by atomic mass is 32.2. The number of nitrogens with two attached hydrogens (primary N) is 1. The van der Waals surface area contributed by atoms with E-state index in [2.05, 4.69) is 41.1 Å². The lowest BCUT2D eigenvalue weighted by atomic mass is 10.3. The number of benzene rings is 1. The molecule has 0 bridgehead atoms. The molecule has 0 aliphatic carbocycles. The molecule has 84 valence electrons. The Morgan fingerprint density at radius 2 is 2.00 bits per heavy atom. The van der Waals surface area contributed by atoms with Crippen LogP contribution < -0.4 is 5.73 Å². The first-order chi connectivity index (χ1) is 7.79. The van der Waals surface area contributed by atoms with Crippen LogP contribution >= 0.6 is 11.8 Å². The zero-order valence-electron chi connectivity index (χ0n) is 9.39. The molecular weight excluding hydrogens is 216 g/mol. The summed E-state index contributed by atoms with van der Waals surface area (Å²) < 4.78 is 2.10. The molecule has 16 heavy (non-hydrogen) atoms. The molecule has 2 rings (SSSR count). The fourth-order valence-electron chi connectivity index (χ4n) is 1.65. The van der Waals surface area contributed by atoms with E-state index in [9.17, 15) is 0 Å². The molecule has 0 aliphatic rings. The fraction of sp³-hybridized carbons (Fsp3) is 0.231. The van der Waals surface area contributed by atoms with Gasteiger partial charge in [0.25, 0.3) is 0 Å². The molecular formula is C13H16N2S. The van der Waals surface area contributed by atoms with Crippen molar-refractivity contribution in [2.24, 2.45) is 12.8 Å². The number of thioether (sulfide) groups is 1. The average molecular weight is 232 g/mol. The summed E-state index contributed by atoms with van der Waals surface area (Å²) >= 11 is 1.85. The van der Waals surface area contributed by atoms with Crippen LogP contribution in [0.1, 0.15) is 11.3 Å². The molecule has 3 heteroatoms. The van der Waals surface area contributed by atoms with E-state index in [1.165, 1.54) is 16.2 Å². The Kier molecular flexibility index (Phi) is 3.70. The Balaban J connectivity index is 2.00. The van der Waals surface area contributed by atoms with Crippen molar-refractivity contribution in [1.29, 1.82) is 0 Å². The molecule has 0 saturated carbocycles. The van der Waals surface area contributed by atoms with Crippen molar-refractivity contribution in [2.45, 2.75) is 17.2 Å². The zero-order chi connectivity index (χ0) is 11.4. The van der Waals surface area contributed by atoms with E-state index in [1.54, 1.807) is 0 Å². The molecule has 0 unspecified atom stereocenters. The van der Waals surface area contributed by atoms with Crippen LogP contribution in [0.5, 0.6) is 0 Å². The number of nitrogens with zero attached hydrogens (tertiary/aromatic N) is 1. The number of hydrogen-bond donors (Lipinski definition) is 1. The van der Waals surface area contributed by atoms with Crippen LogP contribution in [0.25, 0.3) is 0 Å². The lowest BCUT2D eigenvalue weighted by Gasteiger charge is -1.98. The Labute approximate surface area is 100 Å². The van der Waals surface area contributed by atoms with Gasteiger partial charge in [-0.25, -0.2) is 0 Å². The molecule has 0 aliphatic heterocycles. The van der Waals surface area contributed by atoms with Gasteiger partial charge in [-0.3, -0.25) is 0 Å². The maximum atomic E-state index is 5.64. The number of rotatable bonds is 4. The molecule has 2 aromatic rings. The summed E-state index contributed by atoms with van der Waals surface area (Å²) in [6.07, 6.45) is 2.15. The van der Waals surface area contributed by atoms with Crippen LogP contribution in [-0.2, 0) is 19.3 Å². The van der Waals surface area contributed by atoms with Crippen molar-refractivity contribution in [2.75, 3.05) is 0 Å². The second kappa shape index (κ2) is 5.23. The second-order valence-electron chi connectivity index (χ2n) is 3.76. The predicted octanol–water partition coefficient (Wildman–Crippen LogP) is 2.78. The molecule has 2 N–H and O–H groups in total. The van der Waals surface area contributed by atoms with E-state index >= 15 is 0 Å². The number of aryl methyl sites for hydroxylation is 1. The van der Waals surface area contributed by atoms with Gasteiger partial charge in [0.05, 0.1) is 0 Å². The summed E-state index contributed by atoms with van der Waals surface area (Å²) in [5.74, 6) is 0.998. The Bertz CT molecular complexity index is 448. The molecule has 2 nitrogen and oxygen atoms in total. The van der Waals surface area contributed by atoms with Crippen molar-refractivity contribution in [3.05, 3.63) is 53.9 Å². The largest absolute Gasteiger partial charge is 0.353 e. The maximum Gasteiger partial charge on any atom is 0.0334 e. The van der Waals surface area contributed by atoms with Gasteiger partial charge in [-0.05, 0) is 23.8 Å². The van der Waals surface area contributed by atoms with Crippen LogP contribution in [0.4, 0.5) is 0 Å². The summed E-state index contributed by atoms with van der Waals surface area (Å²) in [6.45, 7) is 0.604. The van der Waals surface area contributed by atoms with Gasteiger partial charge in [-0.2, -0.15) is 0 Å². The van der Waals surface area contributed by atoms with Gasteiger partial charge in [0.2, 0.25) is 0 Å². The van der Waals surface area contributed by atoms with Gasteiger partial charge in [-0.15, -0.1) is 11.8 Å². The normalized spacial score (nSPS) is 10.6. The third-order valence-corrected chi connectivity index (χ3v) is 3.61. The van der Waals surface area contributed by atoms with Crippen LogP contribution in [-0.4, -0.2) is 4.57 Å². The minimum atomic E-state index is 0.604. The van der Waals surface area contributed by atoms with E-state index in [4.69, 9.17) is 5.73 Å². The molecule has 0 spiro atoms. The molecule has 0 amide bonds. The van der Waals surface area contributed by atoms with Gasteiger partial charge >= 0.3 is 0 Å². The fourth-order valence-corrected chi connectivity index (χ4v) is 2.49. The van der Waals surface area contributed by atoms with Crippen molar-refractivity contribution >= 4 is 11.8 Å². The van der Waals surface area contributed by atoms with Crippen molar-refractivity contribution in [3.8, 4) is 0 Å².